The first-order valence-electron chi connectivity index (χ1n) is 12.0. The molecule has 10 heteroatoms. The highest BCUT2D eigenvalue weighted by Crippen LogP contribution is 2.43. The van der Waals surface area contributed by atoms with Gasteiger partial charge in [0.15, 0.2) is 23.1 Å². The molecule has 4 aromatic rings. The second-order valence-electron chi connectivity index (χ2n) is 9.40. The Bertz CT molecular complexity index is 1310. The molecule has 2 saturated carbocycles. The summed E-state index contributed by atoms with van der Waals surface area (Å²) in [6, 6.07) is 7.91. The number of nitrogens with zero attached hydrogens (tertiary/aromatic N) is 7. The van der Waals surface area contributed by atoms with E-state index in [-0.39, 0.29) is 6.04 Å². The highest BCUT2D eigenvalue weighted by Gasteiger charge is 2.34. The highest BCUT2D eigenvalue weighted by molar-refractivity contribution is 5.56. The van der Waals surface area contributed by atoms with Crippen LogP contribution >= 0.6 is 0 Å². The predicted molar refractivity (Wildman–Crippen MR) is 125 cm³/mol. The van der Waals surface area contributed by atoms with Crippen LogP contribution in [0.1, 0.15) is 73.6 Å². The van der Waals surface area contributed by atoms with Crippen molar-refractivity contribution >= 4 is 17.6 Å². The number of aromatic nitrogens is 7. The van der Waals surface area contributed by atoms with E-state index in [4.69, 9.17) is 14.5 Å². The van der Waals surface area contributed by atoms with Crippen LogP contribution in [0.15, 0.2) is 41.2 Å². The van der Waals surface area contributed by atoms with Gasteiger partial charge in [-0.3, -0.25) is 5.10 Å². The molecule has 0 amide bonds. The fourth-order valence-electron chi connectivity index (χ4n) is 4.65. The summed E-state index contributed by atoms with van der Waals surface area (Å²) in [4.78, 5) is 20.7. The molecule has 34 heavy (non-hydrogen) atoms. The average Bonchev–Trinajstić information content (AvgIpc) is 3.74. The van der Waals surface area contributed by atoms with Gasteiger partial charge in [-0.25, -0.2) is 15.0 Å². The first-order valence-corrected chi connectivity index (χ1v) is 12.0. The SMILES string of the molecule is c1cnc(-c2cc(C3CCCN3c3nc(Nc4cc(C5CC5)[nH]n4)cc(C4CC4)n3)on2)nc1. The lowest BCUT2D eigenvalue weighted by Crippen LogP contribution is -2.25. The molecule has 0 aromatic carbocycles. The second kappa shape index (κ2) is 7.89. The van der Waals surface area contributed by atoms with Crippen molar-refractivity contribution in [1.29, 1.82) is 0 Å². The van der Waals surface area contributed by atoms with Crippen LogP contribution in [0.2, 0.25) is 0 Å². The first kappa shape index (κ1) is 19.6. The van der Waals surface area contributed by atoms with Gasteiger partial charge in [-0.1, -0.05) is 5.16 Å². The Morgan fingerprint density at radius 3 is 2.62 bits per heavy atom. The normalized spacial score (nSPS) is 20.1. The van der Waals surface area contributed by atoms with Gasteiger partial charge in [0.25, 0.3) is 0 Å². The Balaban J connectivity index is 1.18. The van der Waals surface area contributed by atoms with E-state index < -0.39 is 0 Å². The van der Waals surface area contributed by atoms with E-state index in [2.05, 4.69) is 47.7 Å². The molecule has 0 bridgehead atoms. The average molecular weight is 456 g/mol. The largest absolute Gasteiger partial charge is 0.358 e. The molecule has 4 aromatic heterocycles. The maximum atomic E-state index is 5.74. The highest BCUT2D eigenvalue weighted by atomic mass is 16.5. The minimum absolute atomic E-state index is 0.0270. The molecule has 10 nitrogen and oxygen atoms in total. The van der Waals surface area contributed by atoms with Crippen LogP contribution in [0.25, 0.3) is 11.5 Å². The van der Waals surface area contributed by atoms with Gasteiger partial charge in [-0.2, -0.15) is 10.1 Å². The molecule has 1 unspecified atom stereocenters. The molecule has 1 aliphatic heterocycles. The van der Waals surface area contributed by atoms with E-state index in [1.54, 1.807) is 18.5 Å². The first-order chi connectivity index (χ1) is 16.8. The second-order valence-corrected chi connectivity index (χ2v) is 9.40. The lowest BCUT2D eigenvalue weighted by molar-refractivity contribution is 0.362. The van der Waals surface area contributed by atoms with Crippen molar-refractivity contribution in [2.75, 3.05) is 16.8 Å². The van der Waals surface area contributed by atoms with Crippen LogP contribution in [0, 0.1) is 0 Å². The minimum Gasteiger partial charge on any atom is -0.358 e. The Morgan fingerprint density at radius 2 is 1.79 bits per heavy atom. The number of hydrogen-bond donors (Lipinski definition) is 2. The lowest BCUT2D eigenvalue weighted by Gasteiger charge is -2.23. The number of anilines is 3. The molecule has 1 saturated heterocycles. The summed E-state index contributed by atoms with van der Waals surface area (Å²) >= 11 is 0. The van der Waals surface area contributed by atoms with Crippen molar-refractivity contribution in [2.45, 2.75) is 56.4 Å². The Labute approximate surface area is 196 Å². The third kappa shape index (κ3) is 3.78. The van der Waals surface area contributed by atoms with Crippen molar-refractivity contribution in [3.63, 3.8) is 0 Å². The molecule has 1 atom stereocenters. The van der Waals surface area contributed by atoms with Crippen molar-refractivity contribution < 1.29 is 4.52 Å². The molecule has 2 N–H and O–H groups in total. The molecule has 0 spiro atoms. The standard InChI is InChI=1S/C24H25N9O/c1-3-19(20-11-18(32-34-20)23-25-8-2-9-26-23)33(10-1)24-27-16(14-4-5-14)12-21(29-24)28-22-13-17(30-31-22)15-6-7-15/h2,8-9,11-15,19H,1,3-7,10H2,(H2,27,28,29,30,31). The predicted octanol–water partition coefficient (Wildman–Crippen LogP) is 4.48. The summed E-state index contributed by atoms with van der Waals surface area (Å²) in [6.07, 6.45) is 10.2. The van der Waals surface area contributed by atoms with E-state index >= 15 is 0 Å². The topological polar surface area (TPSA) is 122 Å². The van der Waals surface area contributed by atoms with Gasteiger partial charge < -0.3 is 14.7 Å². The van der Waals surface area contributed by atoms with Crippen molar-refractivity contribution in [3.8, 4) is 11.5 Å². The molecular weight excluding hydrogens is 430 g/mol. The molecular formula is C24H25N9O. The van der Waals surface area contributed by atoms with E-state index in [1.165, 1.54) is 31.4 Å². The van der Waals surface area contributed by atoms with Gasteiger partial charge in [0, 0.05) is 54.7 Å². The zero-order valence-corrected chi connectivity index (χ0v) is 18.7. The summed E-state index contributed by atoms with van der Waals surface area (Å²) in [5.41, 5.74) is 2.93. The Kier molecular flexibility index (Phi) is 4.56. The minimum atomic E-state index is 0.0270. The maximum Gasteiger partial charge on any atom is 0.228 e. The van der Waals surface area contributed by atoms with Crippen molar-refractivity contribution in [1.82, 2.24) is 35.3 Å². The number of aromatic amines is 1. The number of rotatable bonds is 7. The zero-order valence-electron chi connectivity index (χ0n) is 18.7. The third-order valence-corrected chi connectivity index (χ3v) is 6.76. The van der Waals surface area contributed by atoms with Gasteiger partial charge in [-0.15, -0.1) is 0 Å². The van der Waals surface area contributed by atoms with Crippen LogP contribution in [0.5, 0.6) is 0 Å². The number of H-pyrrole nitrogens is 1. The molecule has 172 valence electrons. The number of nitrogens with one attached hydrogen (secondary N) is 2. The summed E-state index contributed by atoms with van der Waals surface area (Å²) in [5.74, 6) is 4.79. The van der Waals surface area contributed by atoms with E-state index in [0.29, 0.717) is 23.4 Å². The Morgan fingerprint density at radius 1 is 0.941 bits per heavy atom. The molecule has 7 rings (SSSR count). The maximum absolute atomic E-state index is 5.74. The van der Waals surface area contributed by atoms with E-state index in [1.807, 2.05) is 6.07 Å². The quantitative estimate of drug-likeness (QED) is 0.415. The van der Waals surface area contributed by atoms with Gasteiger partial charge >= 0.3 is 0 Å². The van der Waals surface area contributed by atoms with Crippen LogP contribution < -0.4 is 10.2 Å². The monoisotopic (exact) mass is 455 g/mol. The molecule has 2 aliphatic carbocycles. The third-order valence-electron chi connectivity index (χ3n) is 6.76. The van der Waals surface area contributed by atoms with Gasteiger partial charge in [-0.05, 0) is 44.6 Å². The molecule has 3 fully saturated rings. The summed E-state index contributed by atoms with van der Waals surface area (Å²) in [6.45, 7) is 0.865. The van der Waals surface area contributed by atoms with E-state index in [9.17, 15) is 0 Å². The van der Waals surface area contributed by atoms with Gasteiger partial charge in [0.1, 0.15) is 5.82 Å². The van der Waals surface area contributed by atoms with E-state index in [0.717, 1.165) is 48.4 Å². The summed E-state index contributed by atoms with van der Waals surface area (Å²) in [5, 5.41) is 15.2. The van der Waals surface area contributed by atoms with Crippen LogP contribution in [0.4, 0.5) is 17.6 Å². The summed E-state index contributed by atoms with van der Waals surface area (Å²) < 4.78 is 5.74. The Hall–Kier alpha value is -3.82. The summed E-state index contributed by atoms with van der Waals surface area (Å²) in [7, 11) is 0. The van der Waals surface area contributed by atoms with Crippen LogP contribution in [0.3, 0.4) is 0 Å². The smallest absolute Gasteiger partial charge is 0.228 e. The molecule has 3 aliphatic rings. The lowest BCUT2D eigenvalue weighted by atomic mass is 10.1. The van der Waals surface area contributed by atoms with Crippen LogP contribution in [-0.2, 0) is 0 Å². The fourth-order valence-corrected chi connectivity index (χ4v) is 4.65. The number of hydrogen-bond acceptors (Lipinski definition) is 9. The van der Waals surface area contributed by atoms with Crippen LogP contribution in [-0.4, -0.2) is 41.8 Å². The van der Waals surface area contributed by atoms with Crippen molar-refractivity contribution in [2.24, 2.45) is 0 Å². The molecule has 0 radical (unpaired) electrons. The zero-order chi connectivity index (χ0) is 22.5. The van der Waals surface area contributed by atoms with Gasteiger partial charge in [0.05, 0.1) is 11.7 Å². The van der Waals surface area contributed by atoms with Crippen molar-refractivity contribution in [3.05, 3.63) is 53.8 Å². The van der Waals surface area contributed by atoms with Gasteiger partial charge in [0.2, 0.25) is 5.95 Å². The molecule has 5 heterocycles. The fraction of sp³-hybridized carbons (Fsp3) is 0.417.